The Balaban J connectivity index is 2.33. The standard InChI is InChI=1S/C8H18N2O2S/c9-5-7-1-3-8(4-2-7)6-13(10,11)12/h7-8H,1-6,9H2,(H2,10,11,12). The van der Waals surface area contributed by atoms with Gasteiger partial charge in [-0.2, -0.15) is 0 Å². The van der Waals surface area contributed by atoms with Crippen molar-refractivity contribution < 1.29 is 8.42 Å². The van der Waals surface area contributed by atoms with Crippen LogP contribution in [-0.4, -0.2) is 20.7 Å². The lowest BCUT2D eigenvalue weighted by Crippen LogP contribution is -2.28. The van der Waals surface area contributed by atoms with Crippen LogP contribution in [0.2, 0.25) is 0 Å². The summed E-state index contributed by atoms with van der Waals surface area (Å²) >= 11 is 0. The number of rotatable bonds is 3. The van der Waals surface area contributed by atoms with E-state index in [0.717, 1.165) is 32.2 Å². The molecule has 78 valence electrons. The molecular formula is C8H18N2O2S. The van der Waals surface area contributed by atoms with Crippen LogP contribution in [0.25, 0.3) is 0 Å². The van der Waals surface area contributed by atoms with E-state index >= 15 is 0 Å². The highest BCUT2D eigenvalue weighted by molar-refractivity contribution is 7.89. The quantitative estimate of drug-likeness (QED) is 0.683. The third-order valence-corrected chi connectivity index (χ3v) is 3.70. The molecule has 1 rings (SSSR count). The maximum Gasteiger partial charge on any atom is 0.209 e. The molecule has 0 unspecified atom stereocenters. The minimum Gasteiger partial charge on any atom is -0.330 e. The Hall–Kier alpha value is -0.130. The molecule has 0 saturated heterocycles. The van der Waals surface area contributed by atoms with Gasteiger partial charge < -0.3 is 5.73 Å². The van der Waals surface area contributed by atoms with Crippen molar-refractivity contribution in [1.29, 1.82) is 0 Å². The van der Waals surface area contributed by atoms with Crippen LogP contribution in [0.1, 0.15) is 25.7 Å². The summed E-state index contributed by atoms with van der Waals surface area (Å²) in [5.41, 5.74) is 5.53. The first-order valence-electron chi connectivity index (χ1n) is 4.72. The van der Waals surface area contributed by atoms with Gasteiger partial charge in [-0.25, -0.2) is 13.6 Å². The van der Waals surface area contributed by atoms with Gasteiger partial charge in [0.2, 0.25) is 10.0 Å². The van der Waals surface area contributed by atoms with Crippen LogP contribution >= 0.6 is 0 Å². The molecule has 4 N–H and O–H groups in total. The van der Waals surface area contributed by atoms with Crippen molar-refractivity contribution >= 4 is 10.0 Å². The van der Waals surface area contributed by atoms with Gasteiger partial charge in [-0.3, -0.25) is 0 Å². The molecule has 1 fully saturated rings. The summed E-state index contributed by atoms with van der Waals surface area (Å²) in [6.45, 7) is 0.724. The van der Waals surface area contributed by atoms with Gasteiger partial charge in [0.05, 0.1) is 5.75 Å². The van der Waals surface area contributed by atoms with Crippen molar-refractivity contribution in [3.8, 4) is 0 Å². The van der Waals surface area contributed by atoms with Crippen LogP contribution in [0.5, 0.6) is 0 Å². The Morgan fingerprint density at radius 1 is 1.08 bits per heavy atom. The second kappa shape index (κ2) is 4.39. The maximum atomic E-state index is 10.8. The van der Waals surface area contributed by atoms with E-state index in [0.29, 0.717) is 5.92 Å². The van der Waals surface area contributed by atoms with E-state index in [1.54, 1.807) is 0 Å². The van der Waals surface area contributed by atoms with Crippen LogP contribution in [0.4, 0.5) is 0 Å². The van der Waals surface area contributed by atoms with E-state index in [1.807, 2.05) is 0 Å². The first-order chi connectivity index (χ1) is 6.01. The van der Waals surface area contributed by atoms with Gasteiger partial charge in [0, 0.05) is 0 Å². The average molecular weight is 206 g/mol. The second-order valence-corrected chi connectivity index (χ2v) is 5.61. The number of hydrogen-bond donors (Lipinski definition) is 2. The van der Waals surface area contributed by atoms with E-state index in [-0.39, 0.29) is 11.7 Å². The fourth-order valence-electron chi connectivity index (χ4n) is 1.96. The molecule has 0 aromatic carbocycles. The molecule has 0 atom stereocenters. The second-order valence-electron chi connectivity index (χ2n) is 3.95. The molecule has 4 nitrogen and oxygen atoms in total. The molecule has 0 radical (unpaired) electrons. The van der Waals surface area contributed by atoms with Crippen molar-refractivity contribution in [3.63, 3.8) is 0 Å². The zero-order valence-corrected chi connectivity index (χ0v) is 8.59. The zero-order valence-electron chi connectivity index (χ0n) is 7.78. The smallest absolute Gasteiger partial charge is 0.209 e. The number of nitrogens with two attached hydrogens (primary N) is 2. The minimum absolute atomic E-state index is 0.143. The predicted molar refractivity (Wildman–Crippen MR) is 52.5 cm³/mol. The number of primary sulfonamides is 1. The van der Waals surface area contributed by atoms with Gasteiger partial charge in [-0.05, 0) is 44.1 Å². The van der Waals surface area contributed by atoms with E-state index in [9.17, 15) is 8.42 Å². The lowest BCUT2D eigenvalue weighted by molar-refractivity contribution is 0.297. The summed E-state index contributed by atoms with van der Waals surface area (Å²) < 4.78 is 21.6. The molecule has 0 amide bonds. The van der Waals surface area contributed by atoms with Gasteiger partial charge >= 0.3 is 0 Å². The molecule has 1 saturated carbocycles. The predicted octanol–water partition coefficient (Wildman–Crippen LogP) is 0.0400. The number of sulfonamides is 1. The molecule has 0 bridgehead atoms. The van der Waals surface area contributed by atoms with Crippen molar-refractivity contribution in [2.24, 2.45) is 22.7 Å². The highest BCUT2D eigenvalue weighted by Crippen LogP contribution is 2.28. The Morgan fingerprint density at radius 2 is 1.54 bits per heavy atom. The molecule has 0 aromatic rings. The average Bonchev–Trinajstić information content (AvgIpc) is 2.03. The fourth-order valence-corrected chi connectivity index (χ4v) is 2.95. The molecule has 0 spiro atoms. The lowest BCUT2D eigenvalue weighted by Gasteiger charge is -2.26. The lowest BCUT2D eigenvalue weighted by atomic mass is 9.83. The first kappa shape index (κ1) is 10.9. The van der Waals surface area contributed by atoms with Crippen LogP contribution in [-0.2, 0) is 10.0 Å². The van der Waals surface area contributed by atoms with Crippen LogP contribution in [0, 0.1) is 11.8 Å². The third kappa shape index (κ3) is 4.06. The maximum absolute atomic E-state index is 10.8. The summed E-state index contributed by atoms with van der Waals surface area (Å²) in [7, 11) is -3.28. The van der Waals surface area contributed by atoms with E-state index in [1.165, 1.54) is 0 Å². The van der Waals surface area contributed by atoms with Crippen molar-refractivity contribution in [3.05, 3.63) is 0 Å². The first-order valence-corrected chi connectivity index (χ1v) is 6.43. The number of hydrogen-bond acceptors (Lipinski definition) is 3. The van der Waals surface area contributed by atoms with Crippen LogP contribution in [0.15, 0.2) is 0 Å². The Labute approximate surface area is 79.7 Å². The van der Waals surface area contributed by atoms with Gasteiger partial charge in [0.1, 0.15) is 0 Å². The molecular weight excluding hydrogens is 188 g/mol. The van der Waals surface area contributed by atoms with E-state index < -0.39 is 10.0 Å². The topological polar surface area (TPSA) is 86.2 Å². The molecule has 0 aromatic heterocycles. The Bertz CT molecular complexity index is 243. The molecule has 1 aliphatic rings. The molecule has 5 heteroatoms. The fraction of sp³-hybridized carbons (Fsp3) is 1.00. The zero-order chi connectivity index (χ0) is 9.90. The highest BCUT2D eigenvalue weighted by atomic mass is 32.2. The molecule has 0 aliphatic heterocycles. The summed E-state index contributed by atoms with van der Waals surface area (Å²) in [5.74, 6) is 0.999. The summed E-state index contributed by atoms with van der Waals surface area (Å²) in [5, 5.41) is 4.98. The van der Waals surface area contributed by atoms with Crippen LogP contribution in [0.3, 0.4) is 0 Å². The van der Waals surface area contributed by atoms with Gasteiger partial charge in [-0.15, -0.1) is 0 Å². The minimum atomic E-state index is -3.28. The highest BCUT2D eigenvalue weighted by Gasteiger charge is 2.23. The summed E-state index contributed by atoms with van der Waals surface area (Å²) in [6, 6.07) is 0. The van der Waals surface area contributed by atoms with Gasteiger partial charge in [0.15, 0.2) is 0 Å². The summed E-state index contributed by atoms with van der Waals surface area (Å²) in [4.78, 5) is 0. The van der Waals surface area contributed by atoms with Crippen LogP contribution < -0.4 is 10.9 Å². The Kier molecular flexibility index (Phi) is 3.70. The van der Waals surface area contributed by atoms with E-state index in [4.69, 9.17) is 10.9 Å². The third-order valence-electron chi connectivity index (χ3n) is 2.77. The van der Waals surface area contributed by atoms with Gasteiger partial charge in [-0.1, -0.05) is 0 Å². The summed E-state index contributed by atoms with van der Waals surface area (Å²) in [6.07, 6.45) is 4.02. The SMILES string of the molecule is NCC1CCC(CS(N)(=O)=O)CC1. The van der Waals surface area contributed by atoms with Crippen molar-refractivity contribution in [1.82, 2.24) is 0 Å². The van der Waals surface area contributed by atoms with Gasteiger partial charge in [0.25, 0.3) is 0 Å². The van der Waals surface area contributed by atoms with E-state index in [2.05, 4.69) is 0 Å². The molecule has 13 heavy (non-hydrogen) atoms. The monoisotopic (exact) mass is 206 g/mol. The largest absolute Gasteiger partial charge is 0.330 e. The van der Waals surface area contributed by atoms with Crippen molar-refractivity contribution in [2.45, 2.75) is 25.7 Å². The van der Waals surface area contributed by atoms with Crippen molar-refractivity contribution in [2.75, 3.05) is 12.3 Å². The normalized spacial score (nSPS) is 30.3. The molecule has 1 aliphatic carbocycles. The molecule has 0 heterocycles. The Morgan fingerprint density at radius 3 is 1.92 bits per heavy atom.